The Balaban J connectivity index is 2.40. The molecule has 0 saturated carbocycles. The van der Waals surface area contributed by atoms with Crippen LogP contribution >= 0.6 is 0 Å². The maximum Gasteiger partial charge on any atom is 0.324 e. The Morgan fingerprint density at radius 3 is 2.48 bits per heavy atom. The van der Waals surface area contributed by atoms with Gasteiger partial charge < -0.3 is 5.11 Å². The lowest BCUT2D eigenvalue weighted by Gasteiger charge is -2.47. The minimum absolute atomic E-state index is 0.161. The summed E-state index contributed by atoms with van der Waals surface area (Å²) in [6.45, 7) is 3.16. The predicted molar refractivity (Wildman–Crippen MR) is 71.6 cm³/mol. The van der Waals surface area contributed by atoms with Crippen molar-refractivity contribution in [3.05, 3.63) is 34.1 Å². The van der Waals surface area contributed by atoms with E-state index in [4.69, 9.17) is 0 Å². The standard InChI is InChI=1S/C12H15FN2O5S/c1-8(2)12(16)6-14(7-12)21(19,20)10-5-3-4-9(13)11(10)15(17)18/h3-5,8,16H,6-7H2,1-2H3. The van der Waals surface area contributed by atoms with E-state index in [1.165, 1.54) is 0 Å². The molecule has 0 aromatic heterocycles. The second-order valence-electron chi connectivity index (χ2n) is 5.38. The van der Waals surface area contributed by atoms with Crippen molar-refractivity contribution >= 4 is 15.7 Å². The average molecular weight is 318 g/mol. The van der Waals surface area contributed by atoms with Crippen LogP contribution < -0.4 is 0 Å². The number of nitrogens with zero attached hydrogens (tertiary/aromatic N) is 2. The number of aliphatic hydroxyl groups is 1. The van der Waals surface area contributed by atoms with Crippen LogP contribution in [-0.2, 0) is 10.0 Å². The first-order chi connectivity index (χ1) is 9.59. The number of nitro benzene ring substituents is 1. The number of para-hydroxylation sites is 1. The van der Waals surface area contributed by atoms with Gasteiger partial charge >= 0.3 is 5.69 Å². The van der Waals surface area contributed by atoms with Gasteiger partial charge in [-0.3, -0.25) is 10.1 Å². The van der Waals surface area contributed by atoms with Crippen LogP contribution in [0.2, 0.25) is 0 Å². The van der Waals surface area contributed by atoms with E-state index in [0.29, 0.717) is 0 Å². The zero-order valence-electron chi connectivity index (χ0n) is 11.5. The smallest absolute Gasteiger partial charge is 0.324 e. The molecule has 0 bridgehead atoms. The molecule has 0 atom stereocenters. The van der Waals surface area contributed by atoms with Crippen molar-refractivity contribution < 1.29 is 22.8 Å². The molecule has 1 aliphatic heterocycles. The summed E-state index contributed by atoms with van der Waals surface area (Å²) in [5, 5.41) is 21.0. The van der Waals surface area contributed by atoms with Crippen LogP contribution in [0.1, 0.15) is 13.8 Å². The fraction of sp³-hybridized carbons (Fsp3) is 0.500. The van der Waals surface area contributed by atoms with Gasteiger partial charge in [-0.25, -0.2) is 8.42 Å². The Morgan fingerprint density at radius 1 is 1.43 bits per heavy atom. The lowest BCUT2D eigenvalue weighted by atomic mass is 9.85. The first-order valence-corrected chi connectivity index (χ1v) is 7.69. The number of sulfonamides is 1. The Labute approximate surface area is 121 Å². The van der Waals surface area contributed by atoms with E-state index < -0.39 is 36.9 Å². The van der Waals surface area contributed by atoms with E-state index in [9.17, 15) is 28.0 Å². The van der Waals surface area contributed by atoms with Crippen molar-refractivity contribution in [3.63, 3.8) is 0 Å². The van der Waals surface area contributed by atoms with E-state index in [1.807, 2.05) is 0 Å². The number of benzene rings is 1. The lowest BCUT2D eigenvalue weighted by Crippen LogP contribution is -2.65. The number of hydrogen-bond acceptors (Lipinski definition) is 5. The molecule has 1 aromatic carbocycles. The van der Waals surface area contributed by atoms with Crippen molar-refractivity contribution in [1.29, 1.82) is 0 Å². The molecule has 1 fully saturated rings. The van der Waals surface area contributed by atoms with Crippen molar-refractivity contribution in [3.8, 4) is 0 Å². The van der Waals surface area contributed by atoms with E-state index in [-0.39, 0.29) is 19.0 Å². The van der Waals surface area contributed by atoms with Crippen LogP contribution in [0.3, 0.4) is 0 Å². The number of rotatable bonds is 4. The van der Waals surface area contributed by atoms with Crippen LogP contribution in [0.4, 0.5) is 10.1 Å². The molecule has 7 nitrogen and oxygen atoms in total. The Hall–Kier alpha value is -1.58. The molecular weight excluding hydrogens is 303 g/mol. The van der Waals surface area contributed by atoms with E-state index in [1.54, 1.807) is 13.8 Å². The molecule has 2 rings (SSSR count). The molecule has 0 radical (unpaired) electrons. The molecule has 9 heteroatoms. The Bertz CT molecular complexity index is 683. The quantitative estimate of drug-likeness (QED) is 0.662. The third kappa shape index (κ3) is 2.52. The minimum atomic E-state index is -4.21. The molecule has 1 N–H and O–H groups in total. The highest BCUT2D eigenvalue weighted by Gasteiger charge is 2.50. The van der Waals surface area contributed by atoms with Gasteiger partial charge in [-0.15, -0.1) is 0 Å². The summed E-state index contributed by atoms with van der Waals surface area (Å²) in [7, 11) is -4.21. The normalized spacial score (nSPS) is 18.5. The second-order valence-corrected chi connectivity index (χ2v) is 7.28. The van der Waals surface area contributed by atoms with Crippen LogP contribution in [-0.4, -0.2) is 41.4 Å². The Morgan fingerprint density at radius 2 is 2.00 bits per heavy atom. The first-order valence-electron chi connectivity index (χ1n) is 6.25. The molecule has 0 amide bonds. The number of nitro groups is 1. The third-order valence-corrected chi connectivity index (χ3v) is 5.55. The molecule has 1 aliphatic rings. The van der Waals surface area contributed by atoms with E-state index in [2.05, 4.69) is 0 Å². The van der Waals surface area contributed by atoms with Crippen molar-refractivity contribution in [2.45, 2.75) is 24.3 Å². The van der Waals surface area contributed by atoms with Gasteiger partial charge in [0, 0.05) is 13.1 Å². The summed E-state index contributed by atoms with van der Waals surface area (Å²) < 4.78 is 39.1. The topological polar surface area (TPSA) is 101 Å². The zero-order chi connectivity index (χ0) is 16.0. The van der Waals surface area contributed by atoms with Crippen LogP contribution in [0.15, 0.2) is 23.1 Å². The maximum absolute atomic E-state index is 13.5. The van der Waals surface area contributed by atoms with Gasteiger partial charge in [0.1, 0.15) is 0 Å². The number of β-amino-alcohol motifs (C(OH)–C–C–N with tert-alkyl or cyclic N) is 1. The van der Waals surface area contributed by atoms with Gasteiger partial charge in [-0.2, -0.15) is 8.70 Å². The molecule has 1 saturated heterocycles. The summed E-state index contributed by atoms with van der Waals surface area (Å²) in [6, 6.07) is 2.92. The molecule has 0 unspecified atom stereocenters. The van der Waals surface area contributed by atoms with Crippen molar-refractivity contribution in [1.82, 2.24) is 4.31 Å². The fourth-order valence-electron chi connectivity index (χ4n) is 2.12. The average Bonchev–Trinajstić information content (AvgIpc) is 2.33. The van der Waals surface area contributed by atoms with Crippen LogP contribution in [0.5, 0.6) is 0 Å². The van der Waals surface area contributed by atoms with Gasteiger partial charge in [0.2, 0.25) is 15.8 Å². The van der Waals surface area contributed by atoms with Gasteiger partial charge in [0.15, 0.2) is 4.90 Å². The summed E-state index contributed by atoms with van der Waals surface area (Å²) in [5.41, 5.74) is -2.23. The molecule has 1 aromatic rings. The molecule has 1 heterocycles. The monoisotopic (exact) mass is 318 g/mol. The summed E-state index contributed by atoms with van der Waals surface area (Å²) in [4.78, 5) is 9.13. The predicted octanol–water partition coefficient (Wildman–Crippen LogP) is 1.13. The largest absolute Gasteiger partial charge is 0.387 e. The highest BCUT2D eigenvalue weighted by atomic mass is 32.2. The van der Waals surface area contributed by atoms with Crippen LogP contribution in [0.25, 0.3) is 0 Å². The Kier molecular flexibility index (Phi) is 3.77. The minimum Gasteiger partial charge on any atom is -0.387 e. The molecule has 0 spiro atoms. The SMILES string of the molecule is CC(C)C1(O)CN(S(=O)(=O)c2cccc(F)c2[N+](=O)[O-])C1. The molecular formula is C12H15FN2O5S. The van der Waals surface area contributed by atoms with Crippen LogP contribution in [0, 0.1) is 21.8 Å². The highest BCUT2D eigenvalue weighted by Crippen LogP contribution is 2.36. The second kappa shape index (κ2) is 5.00. The first kappa shape index (κ1) is 15.8. The van der Waals surface area contributed by atoms with Gasteiger partial charge in [0.25, 0.3) is 0 Å². The van der Waals surface area contributed by atoms with E-state index >= 15 is 0 Å². The van der Waals surface area contributed by atoms with Crippen molar-refractivity contribution in [2.24, 2.45) is 5.92 Å². The van der Waals surface area contributed by atoms with E-state index in [0.717, 1.165) is 22.5 Å². The molecule has 0 aliphatic carbocycles. The van der Waals surface area contributed by atoms with Gasteiger partial charge in [0.05, 0.1) is 10.5 Å². The third-order valence-electron chi connectivity index (χ3n) is 3.73. The van der Waals surface area contributed by atoms with Crippen molar-refractivity contribution in [2.75, 3.05) is 13.1 Å². The summed E-state index contributed by atoms with van der Waals surface area (Å²) in [5.74, 6) is -1.37. The lowest BCUT2D eigenvalue weighted by molar-refractivity contribution is -0.390. The summed E-state index contributed by atoms with van der Waals surface area (Å²) >= 11 is 0. The molecule has 21 heavy (non-hydrogen) atoms. The number of hydrogen-bond donors (Lipinski definition) is 1. The fourth-order valence-corrected chi connectivity index (χ4v) is 3.85. The number of halogens is 1. The van der Waals surface area contributed by atoms with Gasteiger partial charge in [-0.1, -0.05) is 19.9 Å². The maximum atomic E-state index is 13.5. The zero-order valence-corrected chi connectivity index (χ0v) is 12.3. The van der Waals surface area contributed by atoms with Gasteiger partial charge in [-0.05, 0) is 18.1 Å². The summed E-state index contributed by atoms with van der Waals surface area (Å²) in [6.07, 6.45) is 0. The molecule has 116 valence electrons. The highest BCUT2D eigenvalue weighted by molar-refractivity contribution is 7.89.